The molecule has 1 aliphatic heterocycles. The molecule has 0 aromatic rings. The minimum atomic E-state index is -1.57. The fourth-order valence-electron chi connectivity index (χ4n) is 9.48. The van der Waals surface area contributed by atoms with Crippen LogP contribution in [0.25, 0.3) is 0 Å². The van der Waals surface area contributed by atoms with Crippen LogP contribution in [0.15, 0.2) is 72.9 Å². The quantitative estimate of drug-likeness (QED) is 0.0261. The van der Waals surface area contributed by atoms with Crippen LogP contribution in [0, 0.1) is 0 Å². The number of carbonyl (C=O) groups excluding carboxylic acids is 1. The van der Waals surface area contributed by atoms with Gasteiger partial charge in [-0.3, -0.25) is 4.79 Å². The molecule has 1 rings (SSSR count). The molecule has 0 spiro atoms. The topological polar surface area (TPSA) is 149 Å². The van der Waals surface area contributed by atoms with Crippen molar-refractivity contribution in [2.45, 2.75) is 314 Å². The van der Waals surface area contributed by atoms with E-state index in [9.17, 15) is 30.3 Å². The van der Waals surface area contributed by atoms with Gasteiger partial charge in [0.25, 0.3) is 0 Å². The maximum Gasteiger partial charge on any atom is 0.220 e. The van der Waals surface area contributed by atoms with E-state index in [0.717, 1.165) is 83.5 Å². The molecule has 0 aliphatic carbocycles. The second-order valence-electron chi connectivity index (χ2n) is 21.1. The molecule has 1 aliphatic rings. The number of hydrogen-bond donors (Lipinski definition) is 6. The highest BCUT2D eigenvalue weighted by Gasteiger charge is 2.44. The number of unbranched alkanes of at least 4 members (excludes halogenated alkanes) is 32. The average molecular weight is 1030 g/mol. The first-order valence-corrected chi connectivity index (χ1v) is 30.7. The SMILES string of the molecule is CC/C=C\C/C=C\C/C=C\C/C=C\C/C=C\CCCCCCCCCCCC(=O)NC(COC1OC(CO)C(O)C(O)C1O)C(O)/C=C/CCCCCCCCCCCCCCCCCCCCCCCCC. The Kier molecular flexibility index (Phi) is 49.9. The lowest BCUT2D eigenvalue weighted by atomic mass is 9.99. The van der Waals surface area contributed by atoms with E-state index in [2.05, 4.69) is 79.9 Å². The van der Waals surface area contributed by atoms with Crippen molar-refractivity contribution < 1.29 is 39.8 Å². The van der Waals surface area contributed by atoms with E-state index in [4.69, 9.17) is 9.47 Å². The third-order valence-electron chi connectivity index (χ3n) is 14.3. The van der Waals surface area contributed by atoms with Crippen molar-refractivity contribution in [2.24, 2.45) is 0 Å². The number of carbonyl (C=O) groups is 1. The van der Waals surface area contributed by atoms with Gasteiger partial charge in [0, 0.05) is 6.42 Å². The van der Waals surface area contributed by atoms with Crippen molar-refractivity contribution in [3.05, 3.63) is 72.9 Å². The van der Waals surface area contributed by atoms with E-state index >= 15 is 0 Å². The van der Waals surface area contributed by atoms with E-state index in [-0.39, 0.29) is 12.5 Å². The molecule has 0 bridgehead atoms. The van der Waals surface area contributed by atoms with Crippen molar-refractivity contribution >= 4 is 5.91 Å². The monoisotopic (exact) mass is 1030 g/mol. The molecule has 9 heteroatoms. The summed E-state index contributed by atoms with van der Waals surface area (Å²) in [7, 11) is 0. The smallest absolute Gasteiger partial charge is 0.220 e. The predicted octanol–water partition coefficient (Wildman–Crippen LogP) is 15.6. The Morgan fingerprint density at radius 1 is 0.479 bits per heavy atom. The van der Waals surface area contributed by atoms with Gasteiger partial charge in [-0.1, -0.05) is 273 Å². The Balaban J connectivity index is 2.22. The third-order valence-corrected chi connectivity index (χ3v) is 14.3. The number of ether oxygens (including phenoxy) is 2. The Morgan fingerprint density at radius 2 is 0.849 bits per heavy atom. The fourth-order valence-corrected chi connectivity index (χ4v) is 9.48. The number of aliphatic hydroxyl groups is 5. The molecule has 7 unspecified atom stereocenters. The van der Waals surface area contributed by atoms with Crippen molar-refractivity contribution in [1.29, 1.82) is 0 Å². The van der Waals surface area contributed by atoms with Crippen LogP contribution in [0.3, 0.4) is 0 Å². The lowest BCUT2D eigenvalue weighted by Crippen LogP contribution is -2.60. The van der Waals surface area contributed by atoms with E-state index in [1.54, 1.807) is 6.08 Å². The van der Waals surface area contributed by atoms with Crippen LogP contribution < -0.4 is 5.32 Å². The zero-order valence-corrected chi connectivity index (χ0v) is 47.1. The van der Waals surface area contributed by atoms with Crippen LogP contribution in [0.1, 0.15) is 271 Å². The van der Waals surface area contributed by atoms with Crippen molar-refractivity contribution in [3.63, 3.8) is 0 Å². The maximum absolute atomic E-state index is 13.1. The van der Waals surface area contributed by atoms with Crippen LogP contribution in [-0.2, 0) is 14.3 Å². The lowest BCUT2D eigenvalue weighted by molar-refractivity contribution is -0.302. The van der Waals surface area contributed by atoms with Gasteiger partial charge in [-0.15, -0.1) is 0 Å². The normalized spacial score (nSPS) is 19.6. The van der Waals surface area contributed by atoms with Gasteiger partial charge in [-0.2, -0.15) is 0 Å². The number of hydrogen-bond acceptors (Lipinski definition) is 8. The molecule has 0 aromatic heterocycles. The highest BCUT2D eigenvalue weighted by Crippen LogP contribution is 2.23. The molecule has 9 nitrogen and oxygen atoms in total. The van der Waals surface area contributed by atoms with Gasteiger partial charge < -0.3 is 40.3 Å². The number of nitrogens with one attached hydrogen (secondary N) is 1. The third kappa shape index (κ3) is 42.4. The number of rotatable bonds is 52. The van der Waals surface area contributed by atoms with Crippen LogP contribution in [0.4, 0.5) is 0 Å². The first-order chi connectivity index (χ1) is 35.8. The van der Waals surface area contributed by atoms with Crippen molar-refractivity contribution in [1.82, 2.24) is 5.32 Å². The van der Waals surface area contributed by atoms with Crippen molar-refractivity contribution in [3.8, 4) is 0 Å². The van der Waals surface area contributed by atoms with E-state index in [1.165, 1.54) is 167 Å². The van der Waals surface area contributed by atoms with Gasteiger partial charge in [-0.25, -0.2) is 0 Å². The molecule has 1 fully saturated rings. The summed E-state index contributed by atoms with van der Waals surface area (Å²) in [5.41, 5.74) is 0. The molecule has 0 radical (unpaired) electrons. The summed E-state index contributed by atoms with van der Waals surface area (Å²) in [6, 6.07) is -0.813. The maximum atomic E-state index is 13.1. The predicted molar refractivity (Wildman–Crippen MR) is 309 cm³/mol. The zero-order valence-electron chi connectivity index (χ0n) is 47.1. The summed E-state index contributed by atoms with van der Waals surface area (Å²) in [5, 5.41) is 54.6. The van der Waals surface area contributed by atoms with Crippen molar-refractivity contribution in [2.75, 3.05) is 13.2 Å². The Hall–Kier alpha value is -2.37. The minimum absolute atomic E-state index is 0.183. The highest BCUT2D eigenvalue weighted by atomic mass is 16.7. The number of aliphatic hydroxyl groups excluding tert-OH is 5. The largest absolute Gasteiger partial charge is 0.394 e. The van der Waals surface area contributed by atoms with E-state index in [0.29, 0.717) is 6.42 Å². The molecular weight excluding hydrogens is 911 g/mol. The Morgan fingerprint density at radius 3 is 1.26 bits per heavy atom. The molecule has 6 N–H and O–H groups in total. The summed E-state index contributed by atoms with van der Waals surface area (Å²) < 4.78 is 11.3. The molecule has 7 atom stereocenters. The fraction of sp³-hybridized carbons (Fsp3) is 0.797. The van der Waals surface area contributed by atoms with Gasteiger partial charge in [0.1, 0.15) is 24.4 Å². The summed E-state index contributed by atoms with van der Waals surface area (Å²) in [6.45, 7) is 3.69. The molecule has 73 heavy (non-hydrogen) atoms. The summed E-state index contributed by atoms with van der Waals surface area (Å²) in [4.78, 5) is 13.1. The van der Waals surface area contributed by atoms with Gasteiger partial charge in [-0.05, 0) is 64.2 Å². The number of amides is 1. The molecular formula is C64H115NO8. The van der Waals surface area contributed by atoms with Gasteiger partial charge in [0.2, 0.25) is 5.91 Å². The minimum Gasteiger partial charge on any atom is -0.394 e. The second kappa shape index (κ2) is 53.0. The average Bonchev–Trinajstić information content (AvgIpc) is 3.39. The standard InChI is InChI=1S/C64H115NO8/c1-3-5-7-9-11-13-15-17-19-21-23-25-27-29-31-33-35-37-39-41-43-45-47-49-51-53-58(67)57(56-72-64-63(71)62(70)61(69)59(55-66)73-64)65-60(68)54-52-50-48-46-44-42-40-38-36-34-32-30-28-26-24-22-20-18-16-14-12-10-8-6-4-2/h6,8,12,14,18,20,24,26,30,32,51,53,57-59,61-64,66-67,69-71H,3-5,7,9-11,13,15-17,19,21-23,25,27-29,31,33-50,52,54-56H2,1-2H3,(H,65,68)/b8-6-,14-12-,20-18-,26-24-,32-30-,53-51+. The lowest BCUT2D eigenvalue weighted by Gasteiger charge is -2.40. The zero-order chi connectivity index (χ0) is 52.9. The Bertz CT molecular complexity index is 1380. The molecule has 0 saturated carbocycles. The summed E-state index contributed by atoms with van der Waals surface area (Å²) in [5.74, 6) is -0.183. The van der Waals surface area contributed by atoms with Gasteiger partial charge in [0.15, 0.2) is 6.29 Å². The first kappa shape index (κ1) is 68.6. The molecule has 0 aromatic carbocycles. The molecule has 1 saturated heterocycles. The summed E-state index contributed by atoms with van der Waals surface area (Å²) >= 11 is 0. The van der Waals surface area contributed by atoms with Gasteiger partial charge >= 0.3 is 0 Å². The molecule has 1 heterocycles. The van der Waals surface area contributed by atoms with E-state index < -0.39 is 49.5 Å². The summed E-state index contributed by atoms with van der Waals surface area (Å²) in [6.07, 6.45) is 66.8. The first-order valence-electron chi connectivity index (χ1n) is 30.7. The van der Waals surface area contributed by atoms with Crippen LogP contribution in [-0.4, -0.2) is 87.5 Å². The highest BCUT2D eigenvalue weighted by molar-refractivity contribution is 5.76. The van der Waals surface area contributed by atoms with E-state index in [1.807, 2.05) is 6.08 Å². The van der Waals surface area contributed by atoms with Gasteiger partial charge in [0.05, 0.1) is 25.4 Å². The van der Waals surface area contributed by atoms with Crippen LogP contribution in [0.2, 0.25) is 0 Å². The number of allylic oxidation sites excluding steroid dienone is 11. The molecule has 424 valence electrons. The molecule has 1 amide bonds. The van der Waals surface area contributed by atoms with Crippen LogP contribution in [0.5, 0.6) is 0 Å². The second-order valence-corrected chi connectivity index (χ2v) is 21.1. The van der Waals surface area contributed by atoms with Crippen LogP contribution >= 0.6 is 0 Å². The Labute approximate surface area is 448 Å².